The minimum absolute atomic E-state index is 0.154. The lowest BCUT2D eigenvalue weighted by Crippen LogP contribution is -2.08. The summed E-state index contributed by atoms with van der Waals surface area (Å²) in [4.78, 5) is 10.2. The van der Waals surface area contributed by atoms with E-state index in [1.807, 2.05) is 0 Å². The highest BCUT2D eigenvalue weighted by Crippen LogP contribution is 2.39. The summed E-state index contributed by atoms with van der Waals surface area (Å²) in [5.41, 5.74) is 0.530. The van der Waals surface area contributed by atoms with Gasteiger partial charge >= 0.3 is 5.69 Å². The number of nitro benzene ring substituents is 1. The number of nitrogens with zero attached hydrogens (tertiary/aromatic N) is 1. The molecule has 6 heteroatoms. The van der Waals surface area contributed by atoms with Gasteiger partial charge in [-0.05, 0) is 30.5 Å². The third-order valence-electron chi connectivity index (χ3n) is 3.03. The standard InChI is InChI=1S/C11H14N2O4/c1-17-10-5-8(7-2-3-12-6-7)4-9(11(10)14)13(15)16/h4-5,7,12,14H,2-3,6H2,1H3. The SMILES string of the molecule is COc1cc(C2CCNC2)cc([N+](=O)[O-])c1O. The second kappa shape index (κ2) is 4.58. The molecule has 0 bridgehead atoms. The summed E-state index contributed by atoms with van der Waals surface area (Å²) in [5, 5.41) is 23.7. The van der Waals surface area contributed by atoms with Crippen LogP contribution in [0, 0.1) is 10.1 Å². The number of aromatic hydroxyl groups is 1. The molecule has 0 radical (unpaired) electrons. The van der Waals surface area contributed by atoms with Gasteiger partial charge in [-0.25, -0.2) is 0 Å². The van der Waals surface area contributed by atoms with E-state index >= 15 is 0 Å². The van der Waals surface area contributed by atoms with Crippen LogP contribution in [0.15, 0.2) is 12.1 Å². The minimum Gasteiger partial charge on any atom is -0.500 e. The molecule has 1 unspecified atom stereocenters. The van der Waals surface area contributed by atoms with E-state index in [0.29, 0.717) is 0 Å². The van der Waals surface area contributed by atoms with Gasteiger partial charge in [0.05, 0.1) is 12.0 Å². The maximum atomic E-state index is 10.8. The van der Waals surface area contributed by atoms with E-state index in [0.717, 1.165) is 25.1 Å². The average molecular weight is 238 g/mol. The van der Waals surface area contributed by atoms with Crippen molar-refractivity contribution >= 4 is 5.69 Å². The van der Waals surface area contributed by atoms with Crippen molar-refractivity contribution in [2.75, 3.05) is 20.2 Å². The van der Waals surface area contributed by atoms with Gasteiger partial charge in [0.25, 0.3) is 0 Å². The Morgan fingerprint density at radius 1 is 1.59 bits per heavy atom. The summed E-state index contributed by atoms with van der Waals surface area (Å²) in [6.07, 6.45) is 0.936. The first-order chi connectivity index (χ1) is 8.13. The van der Waals surface area contributed by atoms with Crippen LogP contribution in [0.4, 0.5) is 5.69 Å². The first-order valence-electron chi connectivity index (χ1n) is 5.39. The monoisotopic (exact) mass is 238 g/mol. The van der Waals surface area contributed by atoms with Crippen molar-refractivity contribution in [3.05, 3.63) is 27.8 Å². The van der Waals surface area contributed by atoms with Gasteiger partial charge in [-0.2, -0.15) is 0 Å². The van der Waals surface area contributed by atoms with Crippen LogP contribution in [0.2, 0.25) is 0 Å². The number of methoxy groups -OCH3 is 1. The Labute approximate surface area is 98.4 Å². The Kier molecular flexibility index (Phi) is 3.14. The number of hydrogen-bond donors (Lipinski definition) is 2. The van der Waals surface area contributed by atoms with E-state index < -0.39 is 10.7 Å². The van der Waals surface area contributed by atoms with Crippen LogP contribution < -0.4 is 10.1 Å². The van der Waals surface area contributed by atoms with Crippen molar-refractivity contribution < 1.29 is 14.8 Å². The lowest BCUT2D eigenvalue weighted by Gasteiger charge is -2.11. The molecule has 2 rings (SSSR count). The molecule has 6 nitrogen and oxygen atoms in total. The summed E-state index contributed by atoms with van der Waals surface area (Å²) in [6, 6.07) is 3.09. The molecular formula is C11H14N2O4. The Balaban J connectivity index is 2.46. The van der Waals surface area contributed by atoms with Crippen molar-refractivity contribution in [3.63, 3.8) is 0 Å². The summed E-state index contributed by atoms with van der Waals surface area (Å²) >= 11 is 0. The number of benzene rings is 1. The topological polar surface area (TPSA) is 84.6 Å². The molecule has 0 aliphatic carbocycles. The van der Waals surface area contributed by atoms with Gasteiger partial charge in [0, 0.05) is 12.6 Å². The minimum atomic E-state index is -0.594. The van der Waals surface area contributed by atoms with Gasteiger partial charge in [0.2, 0.25) is 5.75 Å². The zero-order valence-electron chi connectivity index (χ0n) is 9.47. The van der Waals surface area contributed by atoms with Gasteiger partial charge < -0.3 is 15.2 Å². The van der Waals surface area contributed by atoms with Crippen LogP contribution in [0.1, 0.15) is 17.9 Å². The molecule has 1 fully saturated rings. The van der Waals surface area contributed by atoms with Crippen molar-refractivity contribution in [1.29, 1.82) is 0 Å². The third-order valence-corrected chi connectivity index (χ3v) is 3.03. The van der Waals surface area contributed by atoms with Gasteiger partial charge in [-0.15, -0.1) is 0 Å². The first kappa shape index (κ1) is 11.7. The van der Waals surface area contributed by atoms with E-state index in [1.54, 1.807) is 6.07 Å². The Bertz CT molecular complexity index is 441. The summed E-state index contributed by atoms with van der Waals surface area (Å²) in [7, 11) is 1.38. The lowest BCUT2D eigenvalue weighted by atomic mass is 9.97. The Morgan fingerprint density at radius 2 is 2.35 bits per heavy atom. The molecule has 0 aromatic heterocycles. The number of rotatable bonds is 3. The molecule has 1 heterocycles. The molecule has 0 spiro atoms. The first-order valence-corrected chi connectivity index (χ1v) is 5.39. The largest absolute Gasteiger partial charge is 0.500 e. The van der Waals surface area contributed by atoms with E-state index in [2.05, 4.69) is 5.32 Å². The average Bonchev–Trinajstić information content (AvgIpc) is 2.82. The van der Waals surface area contributed by atoms with Gasteiger partial charge in [-0.1, -0.05) is 0 Å². The molecule has 92 valence electrons. The number of ether oxygens (including phenoxy) is 1. The van der Waals surface area contributed by atoms with Crippen LogP contribution in [0.5, 0.6) is 11.5 Å². The molecule has 1 saturated heterocycles. The molecule has 0 amide bonds. The van der Waals surface area contributed by atoms with Gasteiger partial charge in [-0.3, -0.25) is 10.1 Å². The highest BCUT2D eigenvalue weighted by atomic mass is 16.6. The second-order valence-corrected chi connectivity index (χ2v) is 4.04. The summed E-state index contributed by atoms with van der Waals surface area (Å²) in [6.45, 7) is 1.70. The molecule has 1 aliphatic heterocycles. The van der Waals surface area contributed by atoms with Crippen LogP contribution in [0.25, 0.3) is 0 Å². The molecule has 1 aliphatic rings. The maximum absolute atomic E-state index is 10.8. The van der Waals surface area contributed by atoms with Gasteiger partial charge in [0.15, 0.2) is 5.75 Å². The number of nitro groups is 1. The number of phenolic OH excluding ortho intramolecular Hbond substituents is 1. The fourth-order valence-corrected chi connectivity index (χ4v) is 2.08. The van der Waals surface area contributed by atoms with E-state index in [9.17, 15) is 15.2 Å². The van der Waals surface area contributed by atoms with Crippen molar-refractivity contribution in [1.82, 2.24) is 5.32 Å². The molecule has 1 aromatic carbocycles. The zero-order chi connectivity index (χ0) is 12.4. The summed E-state index contributed by atoms with van der Waals surface area (Å²) in [5.74, 6) is -0.0171. The predicted octanol–water partition coefficient (Wildman–Crippen LogP) is 1.39. The van der Waals surface area contributed by atoms with Gasteiger partial charge in [0.1, 0.15) is 0 Å². The normalized spacial score (nSPS) is 19.2. The highest BCUT2D eigenvalue weighted by molar-refractivity contribution is 5.57. The second-order valence-electron chi connectivity index (χ2n) is 4.04. The van der Waals surface area contributed by atoms with E-state index in [4.69, 9.17) is 4.74 Å². The van der Waals surface area contributed by atoms with Crippen molar-refractivity contribution in [3.8, 4) is 11.5 Å². The summed E-state index contributed by atoms with van der Waals surface area (Å²) < 4.78 is 4.96. The van der Waals surface area contributed by atoms with Crippen molar-refractivity contribution in [2.24, 2.45) is 0 Å². The fourth-order valence-electron chi connectivity index (χ4n) is 2.08. The highest BCUT2D eigenvalue weighted by Gasteiger charge is 2.24. The predicted molar refractivity (Wildman–Crippen MR) is 61.5 cm³/mol. The molecule has 1 atom stereocenters. The number of nitrogens with one attached hydrogen (secondary N) is 1. The van der Waals surface area contributed by atoms with Crippen LogP contribution >= 0.6 is 0 Å². The molecule has 2 N–H and O–H groups in total. The Hall–Kier alpha value is -1.82. The maximum Gasteiger partial charge on any atom is 0.314 e. The quantitative estimate of drug-likeness (QED) is 0.614. The van der Waals surface area contributed by atoms with E-state index in [-0.39, 0.29) is 17.4 Å². The smallest absolute Gasteiger partial charge is 0.314 e. The number of hydrogen-bond acceptors (Lipinski definition) is 5. The van der Waals surface area contributed by atoms with Crippen LogP contribution in [0.3, 0.4) is 0 Å². The van der Waals surface area contributed by atoms with Crippen LogP contribution in [-0.2, 0) is 0 Å². The molecule has 0 saturated carbocycles. The fraction of sp³-hybridized carbons (Fsp3) is 0.455. The third kappa shape index (κ3) is 2.16. The van der Waals surface area contributed by atoms with Crippen molar-refractivity contribution in [2.45, 2.75) is 12.3 Å². The lowest BCUT2D eigenvalue weighted by molar-refractivity contribution is -0.386. The Morgan fingerprint density at radius 3 is 2.88 bits per heavy atom. The molecular weight excluding hydrogens is 224 g/mol. The van der Waals surface area contributed by atoms with Crippen LogP contribution in [-0.4, -0.2) is 30.2 Å². The number of phenols is 1. The molecule has 17 heavy (non-hydrogen) atoms. The zero-order valence-corrected chi connectivity index (χ0v) is 9.47. The van der Waals surface area contributed by atoms with E-state index in [1.165, 1.54) is 13.2 Å². The molecule has 1 aromatic rings.